The molecule has 21 heavy (non-hydrogen) atoms. The second kappa shape index (κ2) is 8.18. The molecule has 2 rings (SSSR count). The molecule has 3 nitrogen and oxygen atoms in total. The second-order valence-corrected chi connectivity index (χ2v) is 5.79. The lowest BCUT2D eigenvalue weighted by atomic mass is 10.0. The van der Waals surface area contributed by atoms with Crippen LogP contribution in [0.25, 0.3) is 10.9 Å². The maximum Gasteiger partial charge on any atom is 0.0841 e. The Balaban J connectivity index is 2.08. The molecule has 1 aromatic heterocycles. The molecule has 1 unspecified atom stereocenters. The monoisotopic (exact) mass is 287 g/mol. The first-order valence-electron chi connectivity index (χ1n) is 8.47. The number of aryl methyl sites for hydroxylation is 1. The van der Waals surface area contributed by atoms with E-state index >= 15 is 0 Å². The van der Waals surface area contributed by atoms with Crippen LogP contribution in [-0.4, -0.2) is 15.8 Å². The third kappa shape index (κ3) is 4.07. The van der Waals surface area contributed by atoms with Crippen molar-refractivity contribution in [3.8, 4) is 0 Å². The van der Waals surface area contributed by atoms with Crippen molar-refractivity contribution in [2.24, 2.45) is 0 Å². The van der Waals surface area contributed by atoms with E-state index in [1.54, 1.807) is 0 Å². The molecule has 1 aromatic carbocycles. The van der Waals surface area contributed by atoms with Crippen LogP contribution < -0.4 is 5.32 Å². The van der Waals surface area contributed by atoms with E-state index in [1.165, 1.54) is 48.7 Å². The lowest BCUT2D eigenvalue weighted by molar-refractivity contribution is 0.431. The first kappa shape index (κ1) is 16.0. The largest absolute Gasteiger partial charge is 0.308 e. The standard InChI is InChI=1S/C18H29N3/c1-4-7-11-15(10-5-2)19-14-17-16-12-8-9-13-18(16)21(6-3)20-17/h8-9,12-13,15,19H,4-7,10-11,14H2,1-3H3. The van der Waals surface area contributed by atoms with Crippen molar-refractivity contribution < 1.29 is 0 Å². The van der Waals surface area contributed by atoms with Crippen molar-refractivity contribution in [1.29, 1.82) is 0 Å². The van der Waals surface area contributed by atoms with Crippen LogP contribution in [0.4, 0.5) is 0 Å². The highest BCUT2D eigenvalue weighted by Crippen LogP contribution is 2.19. The summed E-state index contributed by atoms with van der Waals surface area (Å²) >= 11 is 0. The van der Waals surface area contributed by atoms with Crippen LogP contribution in [0.2, 0.25) is 0 Å². The minimum absolute atomic E-state index is 0.625. The van der Waals surface area contributed by atoms with E-state index in [1.807, 2.05) is 0 Å². The van der Waals surface area contributed by atoms with Gasteiger partial charge in [-0.25, -0.2) is 0 Å². The first-order chi connectivity index (χ1) is 10.3. The fourth-order valence-electron chi connectivity index (χ4n) is 2.96. The number of aromatic nitrogens is 2. The average molecular weight is 287 g/mol. The number of unbranched alkanes of at least 4 members (excludes halogenated alkanes) is 1. The molecule has 0 saturated heterocycles. The van der Waals surface area contributed by atoms with Crippen LogP contribution >= 0.6 is 0 Å². The van der Waals surface area contributed by atoms with Gasteiger partial charge in [-0.1, -0.05) is 51.3 Å². The van der Waals surface area contributed by atoms with Gasteiger partial charge in [0.15, 0.2) is 0 Å². The lowest BCUT2D eigenvalue weighted by Gasteiger charge is -2.17. The molecule has 1 atom stereocenters. The number of rotatable bonds is 9. The number of fused-ring (bicyclic) bond motifs is 1. The van der Waals surface area contributed by atoms with E-state index in [9.17, 15) is 0 Å². The molecule has 0 bridgehead atoms. The van der Waals surface area contributed by atoms with Gasteiger partial charge in [0.25, 0.3) is 0 Å². The molecule has 0 aliphatic rings. The Hall–Kier alpha value is -1.35. The Kier molecular flexibility index (Phi) is 6.24. The van der Waals surface area contributed by atoms with Crippen molar-refractivity contribution in [1.82, 2.24) is 15.1 Å². The molecule has 0 amide bonds. The predicted octanol–water partition coefficient (Wildman–Crippen LogP) is 4.50. The highest BCUT2D eigenvalue weighted by molar-refractivity contribution is 5.81. The van der Waals surface area contributed by atoms with Gasteiger partial charge < -0.3 is 5.32 Å². The number of nitrogens with one attached hydrogen (secondary N) is 1. The fourth-order valence-corrected chi connectivity index (χ4v) is 2.96. The third-order valence-corrected chi connectivity index (χ3v) is 4.14. The van der Waals surface area contributed by atoms with Crippen LogP contribution in [0.5, 0.6) is 0 Å². The number of hydrogen-bond donors (Lipinski definition) is 1. The topological polar surface area (TPSA) is 29.9 Å². The molecular weight excluding hydrogens is 258 g/mol. The van der Waals surface area contributed by atoms with E-state index in [4.69, 9.17) is 5.10 Å². The molecule has 0 fully saturated rings. The van der Waals surface area contributed by atoms with Gasteiger partial charge in [-0.05, 0) is 25.8 Å². The van der Waals surface area contributed by atoms with E-state index in [0.29, 0.717) is 6.04 Å². The summed E-state index contributed by atoms with van der Waals surface area (Å²) in [5, 5.41) is 9.79. The molecule has 116 valence electrons. The lowest BCUT2D eigenvalue weighted by Crippen LogP contribution is -2.28. The highest BCUT2D eigenvalue weighted by atomic mass is 15.3. The maximum absolute atomic E-state index is 4.77. The Morgan fingerprint density at radius 3 is 2.62 bits per heavy atom. The Bertz CT molecular complexity index is 544. The molecule has 2 aromatic rings. The van der Waals surface area contributed by atoms with Gasteiger partial charge in [-0.3, -0.25) is 4.68 Å². The zero-order chi connectivity index (χ0) is 15.1. The maximum atomic E-state index is 4.77. The van der Waals surface area contributed by atoms with Gasteiger partial charge in [0.1, 0.15) is 0 Å². The molecule has 1 heterocycles. The van der Waals surface area contributed by atoms with Gasteiger partial charge in [0, 0.05) is 24.5 Å². The van der Waals surface area contributed by atoms with Gasteiger partial charge in [0.2, 0.25) is 0 Å². The molecule has 0 radical (unpaired) electrons. The van der Waals surface area contributed by atoms with Crippen molar-refractivity contribution in [3.63, 3.8) is 0 Å². The summed E-state index contributed by atoms with van der Waals surface area (Å²) in [5.41, 5.74) is 2.43. The van der Waals surface area contributed by atoms with Crippen molar-refractivity contribution >= 4 is 10.9 Å². The molecule has 0 aliphatic heterocycles. The number of hydrogen-bond acceptors (Lipinski definition) is 2. The smallest absolute Gasteiger partial charge is 0.0841 e. The molecular formula is C18H29N3. The molecule has 0 spiro atoms. The zero-order valence-electron chi connectivity index (χ0n) is 13.7. The van der Waals surface area contributed by atoms with E-state index < -0.39 is 0 Å². The van der Waals surface area contributed by atoms with Gasteiger partial charge in [-0.15, -0.1) is 0 Å². The van der Waals surface area contributed by atoms with E-state index in [-0.39, 0.29) is 0 Å². The summed E-state index contributed by atoms with van der Waals surface area (Å²) < 4.78 is 2.10. The molecule has 3 heteroatoms. The Morgan fingerprint density at radius 1 is 1.10 bits per heavy atom. The summed E-state index contributed by atoms with van der Waals surface area (Å²) in [6.07, 6.45) is 6.35. The summed E-state index contributed by atoms with van der Waals surface area (Å²) in [7, 11) is 0. The summed E-state index contributed by atoms with van der Waals surface area (Å²) in [4.78, 5) is 0. The minimum Gasteiger partial charge on any atom is -0.308 e. The molecule has 0 aliphatic carbocycles. The van der Waals surface area contributed by atoms with E-state index in [0.717, 1.165) is 13.1 Å². The molecule has 0 saturated carbocycles. The summed E-state index contributed by atoms with van der Waals surface area (Å²) in [6.45, 7) is 8.48. The van der Waals surface area contributed by atoms with Crippen LogP contribution in [0, 0.1) is 0 Å². The zero-order valence-corrected chi connectivity index (χ0v) is 13.7. The predicted molar refractivity (Wildman–Crippen MR) is 90.5 cm³/mol. The van der Waals surface area contributed by atoms with Crippen LogP contribution in [-0.2, 0) is 13.1 Å². The van der Waals surface area contributed by atoms with Crippen LogP contribution in [0.15, 0.2) is 24.3 Å². The summed E-state index contributed by atoms with van der Waals surface area (Å²) in [5.74, 6) is 0. The van der Waals surface area contributed by atoms with Crippen LogP contribution in [0.1, 0.15) is 58.6 Å². The Morgan fingerprint density at radius 2 is 1.90 bits per heavy atom. The minimum atomic E-state index is 0.625. The fraction of sp³-hybridized carbons (Fsp3) is 0.611. The SMILES string of the molecule is CCCCC(CCC)NCc1nn(CC)c2ccccc12. The van der Waals surface area contributed by atoms with Gasteiger partial charge in [-0.2, -0.15) is 5.10 Å². The second-order valence-electron chi connectivity index (χ2n) is 5.79. The number of para-hydroxylation sites is 1. The normalized spacial score (nSPS) is 12.9. The van der Waals surface area contributed by atoms with Crippen LogP contribution in [0.3, 0.4) is 0 Å². The summed E-state index contributed by atoms with van der Waals surface area (Å²) in [6, 6.07) is 9.17. The number of benzene rings is 1. The van der Waals surface area contributed by atoms with E-state index in [2.05, 4.69) is 55.0 Å². The Labute approximate surface area is 128 Å². The molecule has 1 N–H and O–H groups in total. The van der Waals surface area contributed by atoms with Gasteiger partial charge >= 0.3 is 0 Å². The van der Waals surface area contributed by atoms with Crippen molar-refractivity contribution in [2.45, 2.75) is 72.0 Å². The first-order valence-corrected chi connectivity index (χ1v) is 8.47. The van der Waals surface area contributed by atoms with Crippen molar-refractivity contribution in [2.75, 3.05) is 0 Å². The highest BCUT2D eigenvalue weighted by Gasteiger charge is 2.11. The number of nitrogens with zero attached hydrogens (tertiary/aromatic N) is 2. The quantitative estimate of drug-likeness (QED) is 0.735. The third-order valence-electron chi connectivity index (χ3n) is 4.14. The van der Waals surface area contributed by atoms with Gasteiger partial charge in [0.05, 0.1) is 11.2 Å². The average Bonchev–Trinajstić information content (AvgIpc) is 2.88. The van der Waals surface area contributed by atoms with Crippen molar-refractivity contribution in [3.05, 3.63) is 30.0 Å².